The lowest BCUT2D eigenvalue weighted by Crippen LogP contribution is -2.45. The van der Waals surface area contributed by atoms with Crippen LogP contribution in [-0.4, -0.2) is 44.2 Å². The standard InChI is InChI=1S/C12H14O6S/c1-17-12(14)11(13)8-2-4-9(5-3-8)18-10-6-19(15,16)7-10/h2-5,10-11,13H,6-7H2,1H3. The quantitative estimate of drug-likeness (QED) is 0.788. The average Bonchev–Trinajstić information content (AvgIpc) is 2.35. The molecular weight excluding hydrogens is 272 g/mol. The van der Waals surface area contributed by atoms with Crippen molar-refractivity contribution in [3.05, 3.63) is 29.8 Å². The van der Waals surface area contributed by atoms with Crippen LogP contribution in [0.5, 0.6) is 5.75 Å². The van der Waals surface area contributed by atoms with Gasteiger partial charge in [-0.1, -0.05) is 12.1 Å². The molecule has 0 amide bonds. The number of esters is 1. The van der Waals surface area contributed by atoms with Crippen LogP contribution in [0.2, 0.25) is 0 Å². The summed E-state index contributed by atoms with van der Waals surface area (Å²) in [5.41, 5.74) is 0.389. The van der Waals surface area contributed by atoms with Crippen molar-refractivity contribution in [1.82, 2.24) is 0 Å². The summed E-state index contributed by atoms with van der Waals surface area (Å²) < 4.78 is 31.8. The number of rotatable bonds is 4. The Morgan fingerprint density at radius 1 is 1.32 bits per heavy atom. The van der Waals surface area contributed by atoms with E-state index >= 15 is 0 Å². The average molecular weight is 286 g/mol. The Labute approximate surface area is 110 Å². The van der Waals surface area contributed by atoms with Crippen LogP contribution >= 0.6 is 0 Å². The molecule has 1 atom stereocenters. The minimum atomic E-state index is -2.91. The molecule has 6 nitrogen and oxygen atoms in total. The fourth-order valence-corrected chi connectivity index (χ4v) is 2.93. The van der Waals surface area contributed by atoms with Crippen molar-refractivity contribution in [1.29, 1.82) is 0 Å². The third-order valence-electron chi connectivity index (χ3n) is 2.80. The first-order valence-corrected chi connectivity index (χ1v) is 7.46. The normalized spacial score (nSPS) is 19.3. The zero-order chi connectivity index (χ0) is 14.0. The molecule has 1 aliphatic rings. The van der Waals surface area contributed by atoms with E-state index in [0.29, 0.717) is 11.3 Å². The molecule has 1 aromatic carbocycles. The summed E-state index contributed by atoms with van der Waals surface area (Å²) in [7, 11) is -1.72. The Morgan fingerprint density at radius 2 is 1.89 bits per heavy atom. The largest absolute Gasteiger partial charge is 0.488 e. The summed E-state index contributed by atoms with van der Waals surface area (Å²) in [6, 6.07) is 6.22. The van der Waals surface area contributed by atoms with Crippen LogP contribution in [0.4, 0.5) is 0 Å². The summed E-state index contributed by atoms with van der Waals surface area (Å²) in [6.45, 7) is 0. The number of aliphatic hydroxyl groups is 1. The lowest BCUT2D eigenvalue weighted by atomic mass is 10.1. The zero-order valence-corrected chi connectivity index (χ0v) is 11.1. The predicted octanol–water partition coefficient (Wildman–Crippen LogP) is 0.0688. The Kier molecular flexibility index (Phi) is 3.77. The van der Waals surface area contributed by atoms with Crippen LogP contribution in [-0.2, 0) is 19.4 Å². The van der Waals surface area contributed by atoms with Gasteiger partial charge in [0.25, 0.3) is 0 Å². The smallest absolute Gasteiger partial charge is 0.339 e. The third-order valence-corrected chi connectivity index (χ3v) is 4.56. The van der Waals surface area contributed by atoms with Gasteiger partial charge in [-0.3, -0.25) is 0 Å². The molecule has 19 heavy (non-hydrogen) atoms. The summed E-state index contributed by atoms with van der Waals surface area (Å²) in [5, 5.41) is 9.59. The molecule has 0 saturated carbocycles. The summed E-state index contributed by atoms with van der Waals surface area (Å²) in [6.07, 6.45) is -1.65. The highest BCUT2D eigenvalue weighted by Crippen LogP contribution is 2.22. The van der Waals surface area contributed by atoms with Gasteiger partial charge < -0.3 is 14.6 Å². The third kappa shape index (κ3) is 3.24. The van der Waals surface area contributed by atoms with E-state index in [2.05, 4.69) is 4.74 Å². The number of sulfone groups is 1. The second-order valence-corrected chi connectivity index (χ2v) is 6.47. The molecule has 0 aromatic heterocycles. The first-order chi connectivity index (χ1) is 8.91. The van der Waals surface area contributed by atoms with E-state index in [9.17, 15) is 18.3 Å². The molecule has 0 radical (unpaired) electrons. The minimum absolute atomic E-state index is 0.0273. The van der Waals surface area contributed by atoms with E-state index in [1.54, 1.807) is 12.1 Å². The van der Waals surface area contributed by atoms with Crippen molar-refractivity contribution in [3.8, 4) is 5.75 Å². The molecule has 2 rings (SSSR count). The second kappa shape index (κ2) is 5.18. The van der Waals surface area contributed by atoms with Gasteiger partial charge in [-0.25, -0.2) is 13.2 Å². The van der Waals surface area contributed by atoms with Gasteiger partial charge in [0.1, 0.15) is 11.9 Å². The monoisotopic (exact) mass is 286 g/mol. The van der Waals surface area contributed by atoms with E-state index in [4.69, 9.17) is 4.74 Å². The maximum absolute atomic E-state index is 11.1. The first kappa shape index (κ1) is 13.8. The molecule has 104 valence electrons. The number of carbonyl (C=O) groups excluding carboxylic acids is 1. The van der Waals surface area contributed by atoms with E-state index in [1.165, 1.54) is 19.2 Å². The minimum Gasteiger partial charge on any atom is -0.488 e. The van der Waals surface area contributed by atoms with Crippen molar-refractivity contribution >= 4 is 15.8 Å². The SMILES string of the molecule is COC(=O)C(O)c1ccc(OC2CS(=O)(=O)C2)cc1. The van der Waals surface area contributed by atoms with E-state index in [-0.39, 0.29) is 17.6 Å². The number of aliphatic hydroxyl groups excluding tert-OH is 1. The second-order valence-electron chi connectivity index (χ2n) is 4.31. The van der Waals surface area contributed by atoms with Gasteiger partial charge in [0.2, 0.25) is 0 Å². The fraction of sp³-hybridized carbons (Fsp3) is 0.417. The summed E-state index contributed by atoms with van der Waals surface area (Å²) >= 11 is 0. The van der Waals surface area contributed by atoms with Gasteiger partial charge in [0.05, 0.1) is 18.6 Å². The predicted molar refractivity (Wildman–Crippen MR) is 66.5 cm³/mol. The lowest BCUT2D eigenvalue weighted by Gasteiger charge is -2.26. The molecule has 1 fully saturated rings. The van der Waals surface area contributed by atoms with Gasteiger partial charge in [0.15, 0.2) is 15.9 Å². The summed E-state index contributed by atoms with van der Waals surface area (Å²) in [5.74, 6) is -0.182. The van der Waals surface area contributed by atoms with Gasteiger partial charge in [-0.15, -0.1) is 0 Å². The van der Waals surface area contributed by atoms with E-state index in [0.717, 1.165) is 0 Å². The number of hydrogen-bond acceptors (Lipinski definition) is 6. The highest BCUT2D eigenvalue weighted by atomic mass is 32.2. The maximum Gasteiger partial charge on any atom is 0.339 e. The van der Waals surface area contributed by atoms with Crippen molar-refractivity contribution in [2.75, 3.05) is 18.6 Å². The molecule has 1 saturated heterocycles. The fourth-order valence-electron chi connectivity index (χ4n) is 1.75. The van der Waals surface area contributed by atoms with Crippen molar-refractivity contribution < 1.29 is 27.8 Å². The molecular formula is C12H14O6S. The van der Waals surface area contributed by atoms with Crippen LogP contribution in [0.3, 0.4) is 0 Å². The number of benzene rings is 1. The maximum atomic E-state index is 11.1. The molecule has 7 heteroatoms. The highest BCUT2D eigenvalue weighted by molar-refractivity contribution is 7.92. The van der Waals surface area contributed by atoms with Crippen LogP contribution < -0.4 is 4.74 Å². The van der Waals surface area contributed by atoms with Gasteiger partial charge >= 0.3 is 5.97 Å². The van der Waals surface area contributed by atoms with Gasteiger partial charge in [-0.2, -0.15) is 0 Å². The number of hydrogen-bond donors (Lipinski definition) is 1. The van der Waals surface area contributed by atoms with Gasteiger partial charge in [0, 0.05) is 0 Å². The van der Waals surface area contributed by atoms with Gasteiger partial charge in [-0.05, 0) is 17.7 Å². The Balaban J connectivity index is 1.97. The molecule has 0 aliphatic carbocycles. The zero-order valence-electron chi connectivity index (χ0n) is 10.3. The van der Waals surface area contributed by atoms with Crippen LogP contribution in [0.1, 0.15) is 11.7 Å². The number of carbonyl (C=O) groups is 1. The molecule has 1 N–H and O–H groups in total. The molecule has 1 aliphatic heterocycles. The number of ether oxygens (including phenoxy) is 2. The Hall–Kier alpha value is -1.60. The number of methoxy groups -OCH3 is 1. The van der Waals surface area contributed by atoms with Crippen molar-refractivity contribution in [2.45, 2.75) is 12.2 Å². The Morgan fingerprint density at radius 3 is 2.37 bits per heavy atom. The van der Waals surface area contributed by atoms with E-state index in [1.807, 2.05) is 0 Å². The van der Waals surface area contributed by atoms with Crippen LogP contribution in [0.25, 0.3) is 0 Å². The molecule has 1 heterocycles. The molecule has 1 aromatic rings. The van der Waals surface area contributed by atoms with Crippen molar-refractivity contribution in [3.63, 3.8) is 0 Å². The summed E-state index contributed by atoms with van der Waals surface area (Å²) in [4.78, 5) is 11.1. The van der Waals surface area contributed by atoms with E-state index < -0.39 is 21.9 Å². The molecule has 1 unspecified atom stereocenters. The first-order valence-electron chi connectivity index (χ1n) is 5.64. The van der Waals surface area contributed by atoms with Crippen LogP contribution in [0.15, 0.2) is 24.3 Å². The highest BCUT2D eigenvalue weighted by Gasteiger charge is 2.35. The lowest BCUT2D eigenvalue weighted by molar-refractivity contribution is -0.150. The van der Waals surface area contributed by atoms with Crippen molar-refractivity contribution in [2.24, 2.45) is 0 Å². The molecule has 0 bridgehead atoms. The topological polar surface area (TPSA) is 89.9 Å². The molecule has 0 spiro atoms. The Bertz CT molecular complexity index is 550. The van der Waals surface area contributed by atoms with Crippen LogP contribution in [0, 0.1) is 0 Å².